The van der Waals surface area contributed by atoms with Crippen molar-refractivity contribution < 1.29 is 8.78 Å². The first kappa shape index (κ1) is 14.8. The van der Waals surface area contributed by atoms with Gasteiger partial charge < -0.3 is 4.90 Å². The van der Waals surface area contributed by atoms with E-state index in [2.05, 4.69) is 15.1 Å². The summed E-state index contributed by atoms with van der Waals surface area (Å²) in [5.41, 5.74) is 1.09. The number of hydrogen-bond donors (Lipinski definition) is 1. The minimum atomic E-state index is -0.833. The summed E-state index contributed by atoms with van der Waals surface area (Å²) in [4.78, 5) is 21.2. The number of hydrogen-bond acceptors (Lipinski definition) is 4. The number of nitrogens with one attached hydrogen (secondary N) is 1. The molecule has 1 fully saturated rings. The number of rotatable bonds is 3. The molecule has 1 saturated heterocycles. The zero-order valence-corrected chi connectivity index (χ0v) is 13.0. The molecule has 6 nitrogen and oxygen atoms in total. The Kier molecular flexibility index (Phi) is 3.33. The van der Waals surface area contributed by atoms with Crippen LogP contribution in [0.2, 0.25) is 0 Å². The normalized spacial score (nSPS) is 15.0. The Balaban J connectivity index is 1.48. The zero-order chi connectivity index (χ0) is 16.8. The summed E-state index contributed by atoms with van der Waals surface area (Å²) >= 11 is 0. The molecule has 4 rings (SSSR count). The van der Waals surface area contributed by atoms with Crippen molar-refractivity contribution in [3.8, 4) is 0 Å². The van der Waals surface area contributed by atoms with Crippen LogP contribution in [-0.4, -0.2) is 32.8 Å². The molecule has 0 atom stereocenters. The molecule has 0 aliphatic carbocycles. The van der Waals surface area contributed by atoms with Gasteiger partial charge in [0.15, 0.2) is 17.3 Å². The van der Waals surface area contributed by atoms with Crippen LogP contribution in [0.3, 0.4) is 0 Å². The smallest absolute Gasteiger partial charge is 0.263 e. The largest absolute Gasteiger partial charge is 0.342 e. The molecule has 124 valence electrons. The molecule has 24 heavy (non-hydrogen) atoms. The maximum absolute atomic E-state index is 13.2. The fraction of sp³-hybridized carbons (Fsp3) is 0.312. The summed E-state index contributed by atoms with van der Waals surface area (Å²) in [5.74, 6) is -0.836. The Morgan fingerprint density at radius 1 is 1.29 bits per heavy atom. The van der Waals surface area contributed by atoms with Crippen LogP contribution in [0.25, 0.3) is 11.0 Å². The van der Waals surface area contributed by atoms with Gasteiger partial charge in [-0.15, -0.1) is 0 Å². The summed E-state index contributed by atoms with van der Waals surface area (Å²) in [5, 5.41) is 4.49. The van der Waals surface area contributed by atoms with Gasteiger partial charge in [0.05, 0.1) is 6.20 Å². The van der Waals surface area contributed by atoms with Gasteiger partial charge in [0.1, 0.15) is 5.39 Å². The van der Waals surface area contributed by atoms with E-state index >= 15 is 0 Å². The standard InChI is InChI=1S/C16H15F2N5O/c1-22-14-11(6-19-22)15(24)21-16(20-14)23-7-10(8-23)4-9-2-3-12(17)13(18)5-9/h2-3,5-6,10H,4,7-8H2,1H3,(H,20,21,24). The minimum absolute atomic E-state index is 0.216. The van der Waals surface area contributed by atoms with Crippen molar-refractivity contribution in [2.24, 2.45) is 13.0 Å². The van der Waals surface area contributed by atoms with E-state index in [0.717, 1.165) is 11.6 Å². The predicted octanol–water partition coefficient (Wildman–Crippen LogP) is 1.61. The lowest BCUT2D eigenvalue weighted by molar-refractivity contribution is 0.400. The highest BCUT2D eigenvalue weighted by Gasteiger charge is 2.29. The topological polar surface area (TPSA) is 66.8 Å². The van der Waals surface area contributed by atoms with Gasteiger partial charge >= 0.3 is 0 Å². The van der Waals surface area contributed by atoms with Gasteiger partial charge in [-0.1, -0.05) is 6.07 Å². The van der Waals surface area contributed by atoms with Crippen LogP contribution >= 0.6 is 0 Å². The van der Waals surface area contributed by atoms with Crippen molar-refractivity contribution in [1.82, 2.24) is 19.7 Å². The fourth-order valence-corrected chi connectivity index (χ4v) is 3.04. The van der Waals surface area contributed by atoms with Crippen molar-refractivity contribution >= 4 is 17.0 Å². The molecule has 3 heterocycles. The summed E-state index contributed by atoms with van der Waals surface area (Å²) in [7, 11) is 1.74. The lowest BCUT2D eigenvalue weighted by atomic mass is 9.92. The molecule has 0 saturated carbocycles. The van der Waals surface area contributed by atoms with Crippen LogP contribution in [0.4, 0.5) is 14.7 Å². The van der Waals surface area contributed by atoms with Crippen LogP contribution in [-0.2, 0) is 13.5 Å². The number of H-pyrrole nitrogens is 1. The molecule has 1 N–H and O–H groups in total. The van der Waals surface area contributed by atoms with Crippen LogP contribution in [0.5, 0.6) is 0 Å². The summed E-state index contributed by atoms with van der Waals surface area (Å²) in [6.07, 6.45) is 2.15. The van der Waals surface area contributed by atoms with Crippen LogP contribution in [0, 0.1) is 17.6 Å². The predicted molar refractivity (Wildman–Crippen MR) is 84.9 cm³/mol. The molecule has 0 unspecified atom stereocenters. The van der Waals surface area contributed by atoms with E-state index in [1.165, 1.54) is 12.3 Å². The first-order valence-electron chi connectivity index (χ1n) is 7.62. The number of aromatic nitrogens is 4. The van der Waals surface area contributed by atoms with Gasteiger partial charge in [0.25, 0.3) is 5.56 Å². The highest BCUT2D eigenvalue weighted by atomic mass is 19.2. The molecule has 8 heteroatoms. The van der Waals surface area contributed by atoms with Gasteiger partial charge in [-0.25, -0.2) is 8.78 Å². The number of halogens is 2. The second-order valence-corrected chi connectivity index (χ2v) is 6.12. The van der Waals surface area contributed by atoms with E-state index in [4.69, 9.17) is 0 Å². The average molecular weight is 331 g/mol. The molecule has 1 aromatic carbocycles. The Morgan fingerprint density at radius 3 is 2.83 bits per heavy atom. The van der Waals surface area contributed by atoms with Gasteiger partial charge in [-0.05, 0) is 30.0 Å². The molecular formula is C16H15F2N5O. The molecule has 0 bridgehead atoms. The number of aromatic amines is 1. The highest BCUT2D eigenvalue weighted by molar-refractivity contribution is 5.74. The SMILES string of the molecule is Cn1ncc2c(=O)[nH]c(N3CC(Cc4ccc(F)c(F)c4)C3)nc21. The lowest BCUT2D eigenvalue weighted by Crippen LogP contribution is -2.49. The number of benzene rings is 1. The molecule has 1 aliphatic rings. The minimum Gasteiger partial charge on any atom is -0.342 e. The third kappa shape index (κ3) is 2.44. The number of fused-ring (bicyclic) bond motifs is 1. The maximum Gasteiger partial charge on any atom is 0.263 e. The Labute approximate surface area is 135 Å². The van der Waals surface area contributed by atoms with E-state index in [9.17, 15) is 13.6 Å². The van der Waals surface area contributed by atoms with Gasteiger partial charge in [0, 0.05) is 20.1 Å². The average Bonchev–Trinajstić information content (AvgIpc) is 2.88. The van der Waals surface area contributed by atoms with Crippen molar-refractivity contribution in [2.75, 3.05) is 18.0 Å². The van der Waals surface area contributed by atoms with Crippen molar-refractivity contribution in [1.29, 1.82) is 0 Å². The summed E-state index contributed by atoms with van der Waals surface area (Å²) in [6, 6.07) is 3.99. The molecule has 3 aromatic rings. The molecule has 0 amide bonds. The van der Waals surface area contributed by atoms with Gasteiger partial charge in [0.2, 0.25) is 5.95 Å². The van der Waals surface area contributed by atoms with Crippen LogP contribution in [0.1, 0.15) is 5.56 Å². The van der Waals surface area contributed by atoms with Crippen molar-refractivity contribution in [2.45, 2.75) is 6.42 Å². The van der Waals surface area contributed by atoms with Crippen molar-refractivity contribution in [3.63, 3.8) is 0 Å². The van der Waals surface area contributed by atoms with E-state index in [-0.39, 0.29) is 5.56 Å². The second kappa shape index (κ2) is 5.40. The number of aryl methyl sites for hydroxylation is 1. The van der Waals surface area contributed by atoms with E-state index in [0.29, 0.717) is 42.4 Å². The van der Waals surface area contributed by atoms with Crippen molar-refractivity contribution in [3.05, 3.63) is 51.9 Å². The number of nitrogens with zero attached hydrogens (tertiary/aromatic N) is 4. The van der Waals surface area contributed by atoms with E-state index in [1.807, 2.05) is 4.90 Å². The van der Waals surface area contributed by atoms with Gasteiger partial charge in [-0.2, -0.15) is 10.1 Å². The van der Waals surface area contributed by atoms with E-state index < -0.39 is 11.6 Å². The molecular weight excluding hydrogens is 316 g/mol. The first-order chi connectivity index (χ1) is 11.5. The molecule has 1 aliphatic heterocycles. The Hall–Kier alpha value is -2.77. The van der Waals surface area contributed by atoms with Gasteiger partial charge in [-0.3, -0.25) is 14.5 Å². The second-order valence-electron chi connectivity index (χ2n) is 6.12. The third-order valence-corrected chi connectivity index (χ3v) is 4.35. The molecule has 0 radical (unpaired) electrons. The van der Waals surface area contributed by atoms with Crippen LogP contribution in [0.15, 0.2) is 29.2 Å². The summed E-state index contributed by atoms with van der Waals surface area (Å²) in [6.45, 7) is 1.40. The zero-order valence-electron chi connectivity index (χ0n) is 13.0. The molecule has 2 aromatic heterocycles. The molecule has 0 spiro atoms. The quantitative estimate of drug-likeness (QED) is 0.792. The summed E-state index contributed by atoms with van der Waals surface area (Å²) < 4.78 is 27.8. The third-order valence-electron chi connectivity index (χ3n) is 4.35. The first-order valence-corrected chi connectivity index (χ1v) is 7.62. The number of anilines is 1. The lowest BCUT2D eigenvalue weighted by Gasteiger charge is -2.39. The Bertz CT molecular complexity index is 974. The Morgan fingerprint density at radius 2 is 2.08 bits per heavy atom. The monoisotopic (exact) mass is 331 g/mol. The highest BCUT2D eigenvalue weighted by Crippen LogP contribution is 2.25. The van der Waals surface area contributed by atoms with E-state index in [1.54, 1.807) is 17.8 Å². The fourth-order valence-electron chi connectivity index (χ4n) is 3.04. The maximum atomic E-state index is 13.2. The van der Waals surface area contributed by atoms with Crippen LogP contribution < -0.4 is 10.5 Å².